The predicted octanol–water partition coefficient (Wildman–Crippen LogP) is 2.86. The van der Waals surface area contributed by atoms with Crippen LogP contribution >= 0.6 is 0 Å². The lowest BCUT2D eigenvalue weighted by atomic mass is 9.99. The van der Waals surface area contributed by atoms with Crippen LogP contribution in [0, 0.1) is 0 Å². The van der Waals surface area contributed by atoms with Crippen LogP contribution in [0.4, 0.5) is 10.5 Å². The molecule has 1 N–H and O–H groups in total. The first kappa shape index (κ1) is 23.8. The smallest absolute Gasteiger partial charge is 0.354 e. The number of nitrogens with zero attached hydrogens (tertiary/aromatic N) is 3. The van der Waals surface area contributed by atoms with Gasteiger partial charge in [0.1, 0.15) is 10.6 Å². The Morgan fingerprint density at radius 2 is 1.75 bits per heavy atom. The van der Waals surface area contributed by atoms with Crippen LogP contribution in [-0.4, -0.2) is 67.5 Å². The molecule has 0 spiro atoms. The summed E-state index contributed by atoms with van der Waals surface area (Å²) >= 11 is 0. The number of benzene rings is 1. The number of rotatable bonds is 6. The van der Waals surface area contributed by atoms with E-state index in [1.54, 1.807) is 11.9 Å². The molecule has 1 saturated heterocycles. The molecular formula is C22H30N4O5S. The maximum absolute atomic E-state index is 13.0. The number of anilines is 1. The highest BCUT2D eigenvalue weighted by Crippen LogP contribution is 2.22. The molecular weight excluding hydrogens is 432 g/mol. The van der Waals surface area contributed by atoms with Gasteiger partial charge in [-0.15, -0.1) is 0 Å². The van der Waals surface area contributed by atoms with Gasteiger partial charge in [-0.25, -0.2) is 18.0 Å². The summed E-state index contributed by atoms with van der Waals surface area (Å²) in [5.74, 6) is -0.143. The van der Waals surface area contributed by atoms with Crippen LogP contribution in [0.3, 0.4) is 0 Å². The van der Waals surface area contributed by atoms with Crippen LogP contribution < -0.4 is 5.32 Å². The molecule has 1 unspecified atom stereocenters. The summed E-state index contributed by atoms with van der Waals surface area (Å²) in [5.41, 5.74) is 2.08. The summed E-state index contributed by atoms with van der Waals surface area (Å²) in [6.07, 6.45) is 2.44. The lowest BCUT2D eigenvalue weighted by molar-refractivity contribution is 0.0590. The Morgan fingerprint density at radius 3 is 2.31 bits per heavy atom. The minimum absolute atomic E-state index is 0.0275. The first-order valence-electron chi connectivity index (χ1n) is 10.6. The number of sulfonamides is 1. The van der Waals surface area contributed by atoms with Gasteiger partial charge >= 0.3 is 12.0 Å². The van der Waals surface area contributed by atoms with E-state index in [1.807, 2.05) is 24.3 Å². The summed E-state index contributed by atoms with van der Waals surface area (Å²) in [5, 5.41) is 2.88. The van der Waals surface area contributed by atoms with Gasteiger partial charge in [0.2, 0.25) is 10.0 Å². The number of aromatic nitrogens is 1. The van der Waals surface area contributed by atoms with E-state index in [2.05, 4.69) is 23.9 Å². The Morgan fingerprint density at radius 1 is 1.12 bits per heavy atom. The Bertz CT molecular complexity index is 1070. The van der Waals surface area contributed by atoms with Gasteiger partial charge in [-0.1, -0.05) is 26.0 Å². The van der Waals surface area contributed by atoms with Crippen LogP contribution in [0.1, 0.15) is 42.2 Å². The van der Waals surface area contributed by atoms with Gasteiger partial charge in [0, 0.05) is 45.1 Å². The fraction of sp³-hybridized carbons (Fsp3) is 0.455. The van der Waals surface area contributed by atoms with Crippen LogP contribution in [-0.2, 0) is 21.8 Å². The second-order valence-corrected chi connectivity index (χ2v) is 9.85. The molecule has 1 aliphatic heterocycles. The zero-order valence-electron chi connectivity index (χ0n) is 18.9. The van der Waals surface area contributed by atoms with Gasteiger partial charge in [-0.3, -0.25) is 0 Å². The maximum Gasteiger partial charge on any atom is 0.354 e. The quantitative estimate of drug-likeness (QED) is 0.666. The molecule has 32 heavy (non-hydrogen) atoms. The van der Waals surface area contributed by atoms with Crippen molar-refractivity contribution in [2.24, 2.45) is 7.05 Å². The molecule has 0 saturated carbocycles. The third kappa shape index (κ3) is 4.97. The molecule has 1 fully saturated rings. The van der Waals surface area contributed by atoms with E-state index in [0.29, 0.717) is 11.6 Å². The molecule has 1 aliphatic rings. The molecule has 10 heteroatoms. The van der Waals surface area contributed by atoms with E-state index in [-0.39, 0.29) is 42.8 Å². The number of piperazine rings is 1. The Kier molecular flexibility index (Phi) is 7.25. The molecule has 3 rings (SSSR count). The standard InChI is InChI=1S/C22H30N4O5S/c1-5-16(2)17-6-8-18(9-7-17)23-22(28)25-10-12-26(13-11-25)32(29,30)19-14-20(21(27)31-4)24(3)15-19/h6-9,14-16H,5,10-13H2,1-4H3,(H,23,28). The molecule has 1 atom stereocenters. The Hall–Kier alpha value is -2.85. The number of urea groups is 1. The normalized spacial score (nSPS) is 15.9. The number of esters is 1. The second kappa shape index (κ2) is 9.74. The van der Waals surface area contributed by atoms with Gasteiger partial charge in [0.05, 0.1) is 7.11 Å². The van der Waals surface area contributed by atoms with Gasteiger partial charge in [-0.2, -0.15) is 4.31 Å². The van der Waals surface area contributed by atoms with Crippen molar-refractivity contribution < 1.29 is 22.7 Å². The first-order valence-corrected chi connectivity index (χ1v) is 12.0. The highest BCUT2D eigenvalue weighted by atomic mass is 32.2. The van der Waals surface area contributed by atoms with Crippen LogP contribution in [0.15, 0.2) is 41.4 Å². The number of hydrogen-bond acceptors (Lipinski definition) is 5. The molecule has 2 amide bonds. The van der Waals surface area contributed by atoms with Crippen molar-refractivity contribution in [3.05, 3.63) is 47.8 Å². The van der Waals surface area contributed by atoms with Crippen molar-refractivity contribution in [2.75, 3.05) is 38.6 Å². The zero-order valence-corrected chi connectivity index (χ0v) is 19.7. The summed E-state index contributed by atoms with van der Waals surface area (Å²) in [6, 6.07) is 8.84. The molecule has 9 nitrogen and oxygen atoms in total. The first-order chi connectivity index (χ1) is 15.2. The van der Waals surface area contributed by atoms with E-state index in [1.165, 1.54) is 33.8 Å². The highest BCUT2D eigenvalue weighted by molar-refractivity contribution is 7.89. The van der Waals surface area contributed by atoms with Gasteiger partial charge in [-0.05, 0) is 36.1 Å². The minimum atomic E-state index is -3.78. The number of carbonyl (C=O) groups excluding carboxylic acids is 2. The molecule has 0 bridgehead atoms. The van der Waals surface area contributed by atoms with E-state index in [0.717, 1.165) is 6.42 Å². The average Bonchev–Trinajstić information content (AvgIpc) is 3.21. The van der Waals surface area contributed by atoms with E-state index in [9.17, 15) is 18.0 Å². The average molecular weight is 463 g/mol. The third-order valence-electron chi connectivity index (χ3n) is 5.88. The van der Waals surface area contributed by atoms with E-state index in [4.69, 9.17) is 0 Å². The van der Waals surface area contributed by atoms with Gasteiger partial charge in [0.25, 0.3) is 0 Å². The number of nitrogens with one attached hydrogen (secondary N) is 1. The monoisotopic (exact) mass is 462 g/mol. The molecule has 0 aliphatic carbocycles. The largest absolute Gasteiger partial charge is 0.464 e. The van der Waals surface area contributed by atoms with Crippen molar-refractivity contribution in [3.63, 3.8) is 0 Å². The number of aryl methyl sites for hydroxylation is 1. The maximum atomic E-state index is 13.0. The number of amides is 2. The van der Waals surface area contributed by atoms with Crippen molar-refractivity contribution in [3.8, 4) is 0 Å². The van der Waals surface area contributed by atoms with Gasteiger partial charge in [0.15, 0.2) is 0 Å². The van der Waals surface area contributed by atoms with Crippen LogP contribution in [0.25, 0.3) is 0 Å². The lowest BCUT2D eigenvalue weighted by Crippen LogP contribution is -2.51. The molecule has 1 aromatic heterocycles. The summed E-state index contributed by atoms with van der Waals surface area (Å²) in [4.78, 5) is 26.0. The minimum Gasteiger partial charge on any atom is -0.464 e. The molecule has 0 radical (unpaired) electrons. The second-order valence-electron chi connectivity index (χ2n) is 7.92. The van der Waals surface area contributed by atoms with Crippen molar-refractivity contribution in [1.29, 1.82) is 0 Å². The number of ether oxygens (including phenoxy) is 1. The highest BCUT2D eigenvalue weighted by Gasteiger charge is 2.32. The van der Waals surface area contributed by atoms with Gasteiger partial charge < -0.3 is 19.5 Å². The topological polar surface area (TPSA) is 101 Å². The molecule has 2 aromatic rings. The van der Waals surface area contributed by atoms with E-state index >= 15 is 0 Å². The SMILES string of the molecule is CCC(C)c1ccc(NC(=O)N2CCN(S(=O)(=O)c3cc(C(=O)OC)n(C)c3)CC2)cc1. The fourth-order valence-corrected chi connectivity index (χ4v) is 5.09. The number of carbonyl (C=O) groups is 2. The summed E-state index contributed by atoms with van der Waals surface area (Å²) < 4.78 is 33.4. The molecule has 174 valence electrons. The summed E-state index contributed by atoms with van der Waals surface area (Å²) in [6.45, 7) is 5.18. The number of methoxy groups -OCH3 is 1. The Labute approximate surface area is 189 Å². The van der Waals surface area contributed by atoms with Crippen molar-refractivity contribution >= 4 is 27.7 Å². The van der Waals surface area contributed by atoms with E-state index < -0.39 is 16.0 Å². The van der Waals surface area contributed by atoms with Crippen molar-refractivity contribution in [2.45, 2.75) is 31.1 Å². The predicted molar refractivity (Wildman–Crippen MR) is 121 cm³/mol. The van der Waals surface area contributed by atoms with Crippen LogP contribution in [0.5, 0.6) is 0 Å². The summed E-state index contributed by atoms with van der Waals surface area (Å²) in [7, 11) is -0.952. The third-order valence-corrected chi connectivity index (χ3v) is 7.75. The van der Waals surface area contributed by atoms with Crippen molar-refractivity contribution in [1.82, 2.24) is 13.8 Å². The molecule has 1 aromatic carbocycles. The lowest BCUT2D eigenvalue weighted by Gasteiger charge is -2.33. The van der Waals surface area contributed by atoms with Crippen LogP contribution in [0.2, 0.25) is 0 Å². The fourth-order valence-electron chi connectivity index (χ4n) is 3.60. The number of hydrogen-bond donors (Lipinski definition) is 1. The Balaban J connectivity index is 1.60. The molecule has 2 heterocycles. The zero-order chi connectivity index (χ0) is 23.5.